The van der Waals surface area contributed by atoms with Gasteiger partial charge in [0.1, 0.15) is 11.3 Å². The molecule has 9 heteroatoms. The molecule has 3 aromatic rings. The summed E-state index contributed by atoms with van der Waals surface area (Å²) in [5.74, 6) is -3.87. The highest BCUT2D eigenvalue weighted by molar-refractivity contribution is 6.25. The molecule has 2 amide bonds. The number of imide groups is 1. The Morgan fingerprint density at radius 1 is 0.846 bits per heavy atom. The summed E-state index contributed by atoms with van der Waals surface area (Å²) in [5.41, 5.74) is 0.128. The van der Waals surface area contributed by atoms with Crippen LogP contribution in [0.3, 0.4) is 0 Å². The molecule has 3 aromatic carbocycles. The average Bonchev–Trinajstić information content (AvgIpc) is 3.45. The van der Waals surface area contributed by atoms with Gasteiger partial charge in [-0.2, -0.15) is 0 Å². The standard InChI is InChI=1S/C30H28N2O7/c1-37-20-15-13-19(14-16-20)25-23-24(30(31-25,29(36)39-3)17-18-9-5-4-6-10-18)27(34)32(26(23)33)22-12-8-7-11-21(22)28(35)38-2/h4-16,23-25,31H,17H2,1-3H3/t23-,24+,25-,30-/m0/s1. The van der Waals surface area contributed by atoms with Crippen LogP contribution in [0.15, 0.2) is 78.9 Å². The first-order valence-electron chi connectivity index (χ1n) is 12.5. The van der Waals surface area contributed by atoms with Crippen molar-refractivity contribution in [2.24, 2.45) is 11.8 Å². The Hall–Kier alpha value is -4.50. The molecule has 200 valence electrons. The van der Waals surface area contributed by atoms with Crippen LogP contribution in [0.1, 0.15) is 27.5 Å². The largest absolute Gasteiger partial charge is 0.497 e. The molecular weight excluding hydrogens is 500 g/mol. The second-order valence-corrected chi connectivity index (χ2v) is 9.54. The molecular formula is C30H28N2O7. The molecule has 2 aliphatic rings. The van der Waals surface area contributed by atoms with Crippen LogP contribution in [-0.2, 0) is 30.3 Å². The zero-order valence-electron chi connectivity index (χ0n) is 21.7. The molecule has 4 atom stereocenters. The number of carbonyl (C=O) groups excluding carboxylic acids is 4. The summed E-state index contributed by atoms with van der Waals surface area (Å²) >= 11 is 0. The fourth-order valence-electron chi connectivity index (χ4n) is 5.81. The van der Waals surface area contributed by atoms with Crippen LogP contribution in [0.2, 0.25) is 0 Å². The molecule has 0 unspecified atom stereocenters. The molecule has 9 nitrogen and oxygen atoms in total. The zero-order chi connectivity index (χ0) is 27.7. The molecule has 1 N–H and O–H groups in total. The van der Waals surface area contributed by atoms with Crippen molar-refractivity contribution in [2.75, 3.05) is 26.2 Å². The van der Waals surface area contributed by atoms with Crippen molar-refractivity contribution in [1.29, 1.82) is 0 Å². The maximum atomic E-state index is 14.2. The Morgan fingerprint density at radius 3 is 2.15 bits per heavy atom. The maximum absolute atomic E-state index is 14.2. The van der Waals surface area contributed by atoms with Crippen LogP contribution < -0.4 is 15.0 Å². The summed E-state index contributed by atoms with van der Waals surface area (Å²) in [5, 5.41) is 3.37. The minimum Gasteiger partial charge on any atom is -0.497 e. The minimum atomic E-state index is -1.55. The minimum absolute atomic E-state index is 0.0716. The maximum Gasteiger partial charge on any atom is 0.339 e. The van der Waals surface area contributed by atoms with Gasteiger partial charge in [-0.15, -0.1) is 0 Å². The molecule has 0 saturated carbocycles. The lowest BCUT2D eigenvalue weighted by Gasteiger charge is -2.33. The molecule has 0 radical (unpaired) electrons. The van der Waals surface area contributed by atoms with E-state index in [2.05, 4.69) is 5.32 Å². The van der Waals surface area contributed by atoms with Gasteiger partial charge in [0.15, 0.2) is 0 Å². The molecule has 0 aromatic heterocycles. The Morgan fingerprint density at radius 2 is 1.51 bits per heavy atom. The van der Waals surface area contributed by atoms with Crippen LogP contribution in [0.5, 0.6) is 5.75 Å². The van der Waals surface area contributed by atoms with E-state index in [1.54, 1.807) is 43.5 Å². The van der Waals surface area contributed by atoms with Gasteiger partial charge in [0.25, 0.3) is 0 Å². The number of amides is 2. The number of hydrogen-bond acceptors (Lipinski definition) is 8. The SMILES string of the molecule is COC(=O)c1ccccc1N1C(=O)[C@@H]2[C@H](c3ccc(OC)cc3)N[C@](Cc3ccccc3)(C(=O)OC)[C@H]2C1=O. The number of anilines is 1. The van der Waals surface area contributed by atoms with Gasteiger partial charge in [-0.1, -0.05) is 54.6 Å². The third-order valence-electron chi connectivity index (χ3n) is 7.55. The lowest BCUT2D eigenvalue weighted by Crippen LogP contribution is -2.58. The highest BCUT2D eigenvalue weighted by Gasteiger charge is 2.69. The van der Waals surface area contributed by atoms with Gasteiger partial charge in [-0.05, 0) is 35.4 Å². The number of nitrogens with zero attached hydrogens (tertiary/aromatic N) is 1. The Labute approximate surface area is 225 Å². The first-order chi connectivity index (χ1) is 18.9. The van der Waals surface area contributed by atoms with Crippen molar-refractivity contribution in [3.8, 4) is 5.75 Å². The van der Waals surface area contributed by atoms with Crippen LogP contribution in [0.25, 0.3) is 0 Å². The number of esters is 2. The topological polar surface area (TPSA) is 111 Å². The Bertz CT molecular complexity index is 1420. The lowest BCUT2D eigenvalue weighted by molar-refractivity contribution is -0.152. The molecule has 5 rings (SSSR count). The molecule has 2 heterocycles. The smallest absolute Gasteiger partial charge is 0.339 e. The van der Waals surface area contributed by atoms with E-state index in [1.165, 1.54) is 26.4 Å². The number of fused-ring (bicyclic) bond motifs is 1. The second-order valence-electron chi connectivity index (χ2n) is 9.54. The van der Waals surface area contributed by atoms with Gasteiger partial charge in [0.05, 0.1) is 44.4 Å². The molecule has 39 heavy (non-hydrogen) atoms. The summed E-state index contributed by atoms with van der Waals surface area (Å²) in [7, 11) is 4.04. The van der Waals surface area contributed by atoms with Crippen LogP contribution in [0, 0.1) is 11.8 Å². The average molecular weight is 529 g/mol. The Balaban J connectivity index is 1.68. The molecule has 0 aliphatic carbocycles. The highest BCUT2D eigenvalue weighted by Crippen LogP contribution is 2.51. The molecule has 2 aliphatic heterocycles. The third-order valence-corrected chi connectivity index (χ3v) is 7.55. The van der Waals surface area contributed by atoms with Gasteiger partial charge in [-0.3, -0.25) is 19.7 Å². The first-order valence-corrected chi connectivity index (χ1v) is 12.5. The van der Waals surface area contributed by atoms with Crippen molar-refractivity contribution in [3.63, 3.8) is 0 Å². The van der Waals surface area contributed by atoms with Crippen LogP contribution in [-0.4, -0.2) is 50.6 Å². The highest BCUT2D eigenvalue weighted by atomic mass is 16.5. The number of hydrogen-bond donors (Lipinski definition) is 1. The van der Waals surface area contributed by atoms with Crippen molar-refractivity contribution in [1.82, 2.24) is 5.32 Å². The lowest BCUT2D eigenvalue weighted by atomic mass is 9.76. The quantitative estimate of drug-likeness (QED) is 0.368. The number of nitrogens with one attached hydrogen (secondary N) is 1. The number of carbonyl (C=O) groups is 4. The third kappa shape index (κ3) is 4.24. The van der Waals surface area contributed by atoms with Gasteiger partial charge in [0, 0.05) is 12.5 Å². The fourth-order valence-corrected chi connectivity index (χ4v) is 5.81. The first kappa shape index (κ1) is 26.1. The summed E-state index contributed by atoms with van der Waals surface area (Å²) in [4.78, 5) is 55.6. The van der Waals surface area contributed by atoms with Gasteiger partial charge in [0.2, 0.25) is 11.8 Å². The van der Waals surface area contributed by atoms with Gasteiger partial charge < -0.3 is 14.2 Å². The molecule has 2 fully saturated rings. The van der Waals surface area contributed by atoms with E-state index >= 15 is 0 Å². The van der Waals surface area contributed by atoms with E-state index < -0.39 is 47.2 Å². The van der Waals surface area contributed by atoms with Crippen LogP contribution in [0.4, 0.5) is 5.69 Å². The fraction of sp³-hybridized carbons (Fsp3) is 0.267. The van der Waals surface area contributed by atoms with Crippen molar-refractivity contribution in [2.45, 2.75) is 18.0 Å². The van der Waals surface area contributed by atoms with Crippen molar-refractivity contribution >= 4 is 29.4 Å². The monoisotopic (exact) mass is 528 g/mol. The van der Waals surface area contributed by atoms with Crippen molar-refractivity contribution < 1.29 is 33.4 Å². The van der Waals surface area contributed by atoms with E-state index in [1.807, 2.05) is 30.3 Å². The summed E-state index contributed by atoms with van der Waals surface area (Å²) in [6, 6.07) is 21.9. The van der Waals surface area contributed by atoms with E-state index in [0.29, 0.717) is 11.3 Å². The summed E-state index contributed by atoms with van der Waals surface area (Å²) < 4.78 is 15.5. The number of methoxy groups -OCH3 is 3. The van der Waals surface area contributed by atoms with E-state index in [0.717, 1.165) is 10.5 Å². The van der Waals surface area contributed by atoms with E-state index in [4.69, 9.17) is 14.2 Å². The normalized spacial score (nSPS) is 23.9. The molecule has 0 bridgehead atoms. The number of benzene rings is 3. The zero-order valence-corrected chi connectivity index (χ0v) is 21.7. The Kier molecular flexibility index (Phi) is 6.93. The predicted octanol–water partition coefficient (Wildman–Crippen LogP) is 3.09. The number of rotatable bonds is 7. The van der Waals surface area contributed by atoms with Gasteiger partial charge in [-0.25, -0.2) is 9.69 Å². The van der Waals surface area contributed by atoms with E-state index in [-0.39, 0.29) is 17.7 Å². The number of ether oxygens (including phenoxy) is 3. The second kappa shape index (κ2) is 10.3. The molecule has 0 spiro atoms. The molecule has 2 saturated heterocycles. The number of para-hydroxylation sites is 1. The van der Waals surface area contributed by atoms with Gasteiger partial charge >= 0.3 is 11.9 Å². The summed E-state index contributed by atoms with van der Waals surface area (Å²) in [6.07, 6.45) is 0.111. The van der Waals surface area contributed by atoms with Crippen molar-refractivity contribution in [3.05, 3.63) is 95.6 Å². The van der Waals surface area contributed by atoms with E-state index in [9.17, 15) is 19.2 Å². The summed E-state index contributed by atoms with van der Waals surface area (Å²) in [6.45, 7) is 0. The van der Waals surface area contributed by atoms with Crippen LogP contribution >= 0.6 is 0 Å². The predicted molar refractivity (Wildman–Crippen MR) is 141 cm³/mol.